The van der Waals surface area contributed by atoms with Gasteiger partial charge in [0.15, 0.2) is 0 Å². The van der Waals surface area contributed by atoms with Gasteiger partial charge in [0.1, 0.15) is 6.04 Å². The number of piperazine rings is 1. The third-order valence-electron chi connectivity index (χ3n) is 3.53. The van der Waals surface area contributed by atoms with E-state index >= 15 is 0 Å². The monoisotopic (exact) mass is 331 g/mol. The van der Waals surface area contributed by atoms with Gasteiger partial charge >= 0.3 is 0 Å². The summed E-state index contributed by atoms with van der Waals surface area (Å²) in [7, 11) is -3.78. The average molecular weight is 332 g/mol. The highest BCUT2D eigenvalue weighted by Crippen LogP contribution is 2.29. The van der Waals surface area contributed by atoms with Crippen molar-refractivity contribution in [3.8, 4) is 0 Å². The minimum Gasteiger partial charge on any atom is -0.397 e. The highest BCUT2D eigenvalue weighted by atomic mass is 35.5. The standard InChI is InChI=1S/C13H18ClN3O3S/c1-3-11-13(18)16-4-5-17(11)21(19,20)9-6-8(2)12(14)10(15)7-9/h6-7,11H,3-5,15H2,1-2H3,(H,16,18). The van der Waals surface area contributed by atoms with E-state index in [4.69, 9.17) is 17.3 Å². The first-order valence-electron chi connectivity index (χ1n) is 6.64. The van der Waals surface area contributed by atoms with Crippen LogP contribution in [0.25, 0.3) is 0 Å². The number of aryl methyl sites for hydroxylation is 1. The largest absolute Gasteiger partial charge is 0.397 e. The van der Waals surface area contributed by atoms with Crippen molar-refractivity contribution in [1.29, 1.82) is 0 Å². The quantitative estimate of drug-likeness (QED) is 0.812. The first kappa shape index (κ1) is 16.1. The van der Waals surface area contributed by atoms with Gasteiger partial charge in [-0.05, 0) is 31.0 Å². The fraction of sp³-hybridized carbons (Fsp3) is 0.462. The molecule has 1 aromatic rings. The molecule has 0 saturated carbocycles. The Morgan fingerprint density at radius 3 is 2.71 bits per heavy atom. The van der Waals surface area contributed by atoms with E-state index in [1.165, 1.54) is 16.4 Å². The van der Waals surface area contributed by atoms with E-state index in [9.17, 15) is 13.2 Å². The van der Waals surface area contributed by atoms with E-state index in [2.05, 4.69) is 5.32 Å². The van der Waals surface area contributed by atoms with E-state index in [-0.39, 0.29) is 23.0 Å². The lowest BCUT2D eigenvalue weighted by Gasteiger charge is -2.33. The molecule has 1 fully saturated rings. The molecule has 0 radical (unpaired) electrons. The molecule has 0 spiro atoms. The lowest BCUT2D eigenvalue weighted by molar-refractivity contribution is -0.126. The molecule has 1 aliphatic heterocycles. The molecule has 116 valence electrons. The molecule has 2 rings (SSSR count). The van der Waals surface area contributed by atoms with Crippen molar-refractivity contribution in [1.82, 2.24) is 9.62 Å². The number of carbonyl (C=O) groups excluding carboxylic acids is 1. The first-order chi connectivity index (χ1) is 9.78. The molecule has 0 aliphatic carbocycles. The van der Waals surface area contributed by atoms with Crippen LogP contribution in [0.3, 0.4) is 0 Å². The second-order valence-corrected chi connectivity index (χ2v) is 7.24. The Labute approximate surface area is 129 Å². The number of carbonyl (C=O) groups is 1. The van der Waals surface area contributed by atoms with Crippen LogP contribution in [-0.2, 0) is 14.8 Å². The van der Waals surface area contributed by atoms with Crippen LogP contribution in [-0.4, -0.2) is 37.8 Å². The van der Waals surface area contributed by atoms with Crippen molar-refractivity contribution in [3.05, 3.63) is 22.7 Å². The normalized spacial score (nSPS) is 20.3. The average Bonchev–Trinajstić information content (AvgIpc) is 2.43. The van der Waals surface area contributed by atoms with Crippen molar-refractivity contribution < 1.29 is 13.2 Å². The number of amides is 1. The molecule has 1 aromatic carbocycles. The van der Waals surface area contributed by atoms with Gasteiger partial charge in [-0.3, -0.25) is 4.79 Å². The van der Waals surface area contributed by atoms with E-state index < -0.39 is 16.1 Å². The predicted octanol–water partition coefficient (Wildman–Crippen LogP) is 1.13. The first-order valence-corrected chi connectivity index (χ1v) is 8.46. The number of nitrogens with two attached hydrogens (primary N) is 1. The maximum atomic E-state index is 12.8. The van der Waals surface area contributed by atoms with Gasteiger partial charge in [-0.2, -0.15) is 4.31 Å². The number of hydrogen-bond acceptors (Lipinski definition) is 4. The summed E-state index contributed by atoms with van der Waals surface area (Å²) in [6.07, 6.45) is 0.410. The molecule has 0 aromatic heterocycles. The predicted molar refractivity (Wildman–Crippen MR) is 81.6 cm³/mol. The fourth-order valence-corrected chi connectivity index (χ4v) is 4.31. The van der Waals surface area contributed by atoms with Crippen molar-refractivity contribution in [3.63, 3.8) is 0 Å². The molecular weight excluding hydrogens is 314 g/mol. The molecule has 1 heterocycles. The smallest absolute Gasteiger partial charge is 0.243 e. The molecule has 1 amide bonds. The third kappa shape index (κ3) is 2.86. The highest BCUT2D eigenvalue weighted by molar-refractivity contribution is 7.89. The summed E-state index contributed by atoms with van der Waals surface area (Å²) < 4.78 is 26.8. The summed E-state index contributed by atoms with van der Waals surface area (Å²) in [5.74, 6) is -0.272. The van der Waals surface area contributed by atoms with Crippen LogP contribution in [0.15, 0.2) is 17.0 Å². The summed E-state index contributed by atoms with van der Waals surface area (Å²) in [6, 6.07) is 2.12. The number of halogens is 1. The van der Waals surface area contributed by atoms with E-state index in [0.29, 0.717) is 23.6 Å². The second-order valence-electron chi connectivity index (χ2n) is 4.97. The number of anilines is 1. The van der Waals surface area contributed by atoms with Gasteiger partial charge in [-0.1, -0.05) is 18.5 Å². The van der Waals surface area contributed by atoms with Gasteiger partial charge in [0.05, 0.1) is 15.6 Å². The van der Waals surface area contributed by atoms with Crippen molar-refractivity contribution in [2.75, 3.05) is 18.8 Å². The lowest BCUT2D eigenvalue weighted by Crippen LogP contribution is -2.56. The number of nitrogen functional groups attached to an aromatic ring is 1. The Bertz CT molecular complexity index is 652. The van der Waals surface area contributed by atoms with Crippen molar-refractivity contribution in [2.45, 2.75) is 31.2 Å². The Morgan fingerprint density at radius 1 is 1.48 bits per heavy atom. The zero-order chi connectivity index (χ0) is 15.8. The highest BCUT2D eigenvalue weighted by Gasteiger charge is 2.37. The zero-order valence-corrected chi connectivity index (χ0v) is 13.5. The summed E-state index contributed by atoms with van der Waals surface area (Å²) in [6.45, 7) is 4.02. The number of hydrogen-bond donors (Lipinski definition) is 2. The number of nitrogens with zero attached hydrogens (tertiary/aromatic N) is 1. The summed E-state index contributed by atoms with van der Waals surface area (Å²) in [5, 5.41) is 3.02. The van der Waals surface area contributed by atoms with Gasteiger partial charge in [0.2, 0.25) is 15.9 Å². The molecule has 3 N–H and O–H groups in total. The Balaban J connectivity index is 2.48. The van der Waals surface area contributed by atoms with Crippen molar-refractivity contribution in [2.24, 2.45) is 0 Å². The van der Waals surface area contributed by atoms with Crippen LogP contribution in [0.2, 0.25) is 5.02 Å². The lowest BCUT2D eigenvalue weighted by atomic mass is 10.2. The molecule has 21 heavy (non-hydrogen) atoms. The number of benzene rings is 1. The SMILES string of the molecule is CCC1C(=O)NCCN1S(=O)(=O)c1cc(C)c(Cl)c(N)c1. The van der Waals surface area contributed by atoms with Crippen LogP contribution in [0, 0.1) is 6.92 Å². The van der Waals surface area contributed by atoms with Gasteiger partial charge in [-0.15, -0.1) is 0 Å². The van der Waals surface area contributed by atoms with Crippen molar-refractivity contribution >= 4 is 33.2 Å². The Hall–Kier alpha value is -1.31. The van der Waals surface area contributed by atoms with Gasteiger partial charge in [0, 0.05) is 13.1 Å². The molecule has 1 unspecified atom stereocenters. The Kier molecular flexibility index (Phi) is 4.46. The van der Waals surface area contributed by atoms with Gasteiger partial charge in [-0.25, -0.2) is 8.42 Å². The molecule has 0 bridgehead atoms. The summed E-state index contributed by atoms with van der Waals surface area (Å²) >= 11 is 5.97. The molecule has 6 nitrogen and oxygen atoms in total. The molecule has 1 saturated heterocycles. The number of nitrogens with one attached hydrogen (secondary N) is 1. The van der Waals surface area contributed by atoms with Gasteiger partial charge < -0.3 is 11.1 Å². The van der Waals surface area contributed by atoms with E-state index in [0.717, 1.165) is 0 Å². The van der Waals surface area contributed by atoms with Gasteiger partial charge in [0.25, 0.3) is 0 Å². The topological polar surface area (TPSA) is 92.5 Å². The summed E-state index contributed by atoms with van der Waals surface area (Å²) in [5.41, 5.74) is 6.55. The Morgan fingerprint density at radius 2 is 2.14 bits per heavy atom. The molecule has 8 heteroatoms. The van der Waals surface area contributed by atoms with E-state index in [1.807, 2.05) is 0 Å². The summed E-state index contributed by atoms with van der Waals surface area (Å²) in [4.78, 5) is 11.9. The van der Waals surface area contributed by atoms with E-state index in [1.54, 1.807) is 13.8 Å². The number of rotatable bonds is 3. The fourth-order valence-electron chi connectivity index (χ4n) is 2.42. The zero-order valence-electron chi connectivity index (χ0n) is 11.9. The van der Waals surface area contributed by atoms with Crippen LogP contribution in [0.1, 0.15) is 18.9 Å². The van der Waals surface area contributed by atoms with Crippen LogP contribution in [0.4, 0.5) is 5.69 Å². The minimum atomic E-state index is -3.78. The maximum Gasteiger partial charge on any atom is 0.243 e. The molecule has 1 aliphatic rings. The number of sulfonamides is 1. The third-order valence-corrected chi connectivity index (χ3v) is 5.93. The maximum absolute atomic E-state index is 12.8. The minimum absolute atomic E-state index is 0.0649. The van der Waals surface area contributed by atoms with Crippen LogP contribution >= 0.6 is 11.6 Å². The van der Waals surface area contributed by atoms with Crippen LogP contribution in [0.5, 0.6) is 0 Å². The molecular formula is C13H18ClN3O3S. The second kappa shape index (κ2) is 5.82. The molecule has 1 atom stereocenters. The van der Waals surface area contributed by atoms with Crippen LogP contribution < -0.4 is 11.1 Å².